The van der Waals surface area contributed by atoms with Gasteiger partial charge in [0.25, 0.3) is 5.91 Å². The molecule has 1 aliphatic heterocycles. The number of nitrogens with zero attached hydrogens (tertiary/aromatic N) is 2. The van der Waals surface area contributed by atoms with Crippen LogP contribution in [0.5, 0.6) is 11.5 Å². The molecule has 0 bridgehead atoms. The number of halogens is 2. The number of rotatable bonds is 7. The second-order valence-electron chi connectivity index (χ2n) is 6.16. The number of thioether (sulfide) groups is 1. The lowest BCUT2D eigenvalue weighted by Gasteiger charge is -2.13. The van der Waals surface area contributed by atoms with Gasteiger partial charge in [-0.05, 0) is 89.3 Å². The molecule has 1 heterocycles. The third-order valence-corrected chi connectivity index (χ3v) is 5.96. The number of aliphatic imine (C=N–C) groups is 1. The summed E-state index contributed by atoms with van der Waals surface area (Å²) in [6.07, 6.45) is 3.48. The molecule has 0 aliphatic carbocycles. The molecule has 1 aliphatic rings. The number of carbonyl (C=O) groups is 1. The highest BCUT2D eigenvalue weighted by Crippen LogP contribution is 2.38. The average molecular weight is 538 g/mol. The summed E-state index contributed by atoms with van der Waals surface area (Å²) in [4.78, 5) is 19.5. The van der Waals surface area contributed by atoms with Crippen LogP contribution in [0.2, 0.25) is 0 Å². The van der Waals surface area contributed by atoms with Crippen LogP contribution in [0.3, 0.4) is 0 Å². The number of carbonyl (C=O) groups excluding carboxylic acids is 1. The SMILES string of the molecule is C=CCOc1c(I)cc(/C=C2\SC(=Nc3ccc(F)cc3)N(CC)C2=O)cc1OC. The first-order chi connectivity index (χ1) is 14.5. The topological polar surface area (TPSA) is 51.1 Å². The number of amidine groups is 1. The summed E-state index contributed by atoms with van der Waals surface area (Å²) in [5, 5.41) is 0.563. The molecule has 0 unspecified atom stereocenters. The van der Waals surface area contributed by atoms with Crippen molar-refractivity contribution in [2.45, 2.75) is 6.92 Å². The molecule has 0 N–H and O–H groups in total. The Morgan fingerprint density at radius 2 is 2.03 bits per heavy atom. The zero-order valence-electron chi connectivity index (χ0n) is 16.5. The third-order valence-electron chi connectivity index (χ3n) is 4.15. The molecule has 1 amide bonds. The van der Waals surface area contributed by atoms with Gasteiger partial charge < -0.3 is 9.47 Å². The van der Waals surface area contributed by atoms with E-state index in [-0.39, 0.29) is 11.7 Å². The smallest absolute Gasteiger partial charge is 0.266 e. The Morgan fingerprint density at radius 1 is 1.30 bits per heavy atom. The summed E-state index contributed by atoms with van der Waals surface area (Å²) in [5.41, 5.74) is 1.41. The Kier molecular flexibility index (Phi) is 7.54. The van der Waals surface area contributed by atoms with E-state index in [2.05, 4.69) is 34.2 Å². The second-order valence-corrected chi connectivity index (χ2v) is 8.34. The summed E-state index contributed by atoms with van der Waals surface area (Å²) < 4.78 is 25.2. The fourth-order valence-electron chi connectivity index (χ4n) is 2.75. The van der Waals surface area contributed by atoms with Crippen molar-refractivity contribution in [3.05, 3.63) is 68.9 Å². The van der Waals surface area contributed by atoms with Crippen LogP contribution in [0, 0.1) is 9.39 Å². The normalized spacial score (nSPS) is 16.4. The first-order valence-electron chi connectivity index (χ1n) is 9.13. The number of amides is 1. The van der Waals surface area contributed by atoms with Crippen LogP contribution in [0.25, 0.3) is 6.08 Å². The molecule has 8 heteroatoms. The Morgan fingerprint density at radius 3 is 2.67 bits per heavy atom. The van der Waals surface area contributed by atoms with Crippen molar-refractivity contribution in [3.8, 4) is 11.5 Å². The number of hydrogen-bond donors (Lipinski definition) is 0. The van der Waals surface area contributed by atoms with Gasteiger partial charge in [0.2, 0.25) is 0 Å². The van der Waals surface area contributed by atoms with Gasteiger partial charge in [-0.1, -0.05) is 12.7 Å². The van der Waals surface area contributed by atoms with Crippen LogP contribution in [0.1, 0.15) is 12.5 Å². The average Bonchev–Trinajstić information content (AvgIpc) is 3.02. The van der Waals surface area contributed by atoms with E-state index in [1.807, 2.05) is 25.1 Å². The molecule has 0 spiro atoms. The van der Waals surface area contributed by atoms with E-state index >= 15 is 0 Å². The van der Waals surface area contributed by atoms with Gasteiger partial charge in [0.15, 0.2) is 16.7 Å². The molecule has 1 saturated heterocycles. The third kappa shape index (κ3) is 5.04. The highest BCUT2D eigenvalue weighted by molar-refractivity contribution is 14.1. The van der Waals surface area contributed by atoms with Crippen LogP contribution in [-0.2, 0) is 4.79 Å². The van der Waals surface area contributed by atoms with E-state index in [0.717, 1.165) is 9.13 Å². The van der Waals surface area contributed by atoms with Crippen molar-refractivity contribution in [3.63, 3.8) is 0 Å². The molecule has 2 aromatic carbocycles. The van der Waals surface area contributed by atoms with Gasteiger partial charge in [-0.15, -0.1) is 0 Å². The highest BCUT2D eigenvalue weighted by Gasteiger charge is 2.32. The maximum absolute atomic E-state index is 13.1. The lowest BCUT2D eigenvalue weighted by atomic mass is 10.2. The predicted octanol–water partition coefficient (Wildman–Crippen LogP) is 5.63. The van der Waals surface area contributed by atoms with E-state index in [1.54, 1.807) is 30.2 Å². The summed E-state index contributed by atoms with van der Waals surface area (Å²) in [6, 6.07) is 9.60. The number of benzene rings is 2. The lowest BCUT2D eigenvalue weighted by Crippen LogP contribution is -2.28. The maximum atomic E-state index is 13.1. The largest absolute Gasteiger partial charge is 0.493 e. The van der Waals surface area contributed by atoms with Crippen molar-refractivity contribution >= 4 is 57.2 Å². The Bertz CT molecular complexity index is 1020. The Hall–Kier alpha value is -2.33. The van der Waals surface area contributed by atoms with Gasteiger partial charge >= 0.3 is 0 Å². The van der Waals surface area contributed by atoms with Gasteiger partial charge in [-0.3, -0.25) is 9.69 Å². The summed E-state index contributed by atoms with van der Waals surface area (Å²) in [6.45, 7) is 6.40. The number of hydrogen-bond acceptors (Lipinski definition) is 5. The molecule has 30 heavy (non-hydrogen) atoms. The van der Waals surface area contributed by atoms with Crippen LogP contribution in [0.4, 0.5) is 10.1 Å². The quantitative estimate of drug-likeness (QED) is 0.261. The van der Waals surface area contributed by atoms with Crippen molar-refractivity contribution < 1.29 is 18.7 Å². The molecule has 0 aromatic heterocycles. The number of ether oxygens (including phenoxy) is 2. The van der Waals surface area contributed by atoms with E-state index in [9.17, 15) is 9.18 Å². The van der Waals surface area contributed by atoms with Crippen molar-refractivity contribution in [2.24, 2.45) is 4.99 Å². The van der Waals surface area contributed by atoms with E-state index in [1.165, 1.54) is 23.9 Å². The molecule has 1 fully saturated rings. The first kappa shape index (κ1) is 22.4. The minimum atomic E-state index is -0.328. The Labute approximate surface area is 192 Å². The van der Waals surface area contributed by atoms with Gasteiger partial charge in [0.1, 0.15) is 12.4 Å². The van der Waals surface area contributed by atoms with E-state index < -0.39 is 0 Å². The standard InChI is InChI=1S/C22H20FIN2O3S/c1-4-10-29-20-17(24)11-14(12-18(20)28-3)13-19-21(27)26(5-2)22(30-19)25-16-8-6-15(23)7-9-16/h4,6-9,11-13H,1,5,10H2,2-3H3/b19-13-,25-22?. The van der Waals surface area contributed by atoms with Crippen molar-refractivity contribution in [1.82, 2.24) is 4.90 Å². The van der Waals surface area contributed by atoms with Crippen LogP contribution < -0.4 is 9.47 Å². The minimum Gasteiger partial charge on any atom is -0.493 e. The van der Waals surface area contributed by atoms with Crippen molar-refractivity contribution in [2.75, 3.05) is 20.3 Å². The molecule has 0 saturated carbocycles. The Balaban J connectivity index is 1.93. The molecule has 2 aromatic rings. The molecule has 0 atom stereocenters. The van der Waals surface area contributed by atoms with Crippen LogP contribution >= 0.6 is 34.4 Å². The van der Waals surface area contributed by atoms with E-state index in [4.69, 9.17) is 9.47 Å². The van der Waals surface area contributed by atoms with Crippen molar-refractivity contribution in [1.29, 1.82) is 0 Å². The number of methoxy groups -OCH3 is 1. The molecule has 0 radical (unpaired) electrons. The fourth-order valence-corrected chi connectivity index (χ4v) is 4.60. The monoisotopic (exact) mass is 538 g/mol. The van der Waals surface area contributed by atoms with E-state index in [0.29, 0.717) is 40.4 Å². The summed E-state index contributed by atoms with van der Waals surface area (Å²) in [7, 11) is 1.57. The maximum Gasteiger partial charge on any atom is 0.266 e. The molecular formula is C22H20FIN2O3S. The van der Waals surface area contributed by atoms with Crippen LogP contribution in [-0.4, -0.2) is 36.2 Å². The zero-order chi connectivity index (χ0) is 21.7. The van der Waals surface area contributed by atoms with Gasteiger partial charge in [0.05, 0.1) is 21.3 Å². The molecule has 156 valence electrons. The number of likely N-dealkylation sites (N-methyl/N-ethyl adjacent to an activating group) is 1. The van der Waals surface area contributed by atoms with Gasteiger partial charge in [-0.25, -0.2) is 9.38 Å². The van der Waals surface area contributed by atoms with Gasteiger partial charge in [-0.2, -0.15) is 0 Å². The summed E-state index contributed by atoms with van der Waals surface area (Å²) >= 11 is 3.46. The van der Waals surface area contributed by atoms with Crippen LogP contribution in [0.15, 0.2) is 59.0 Å². The highest BCUT2D eigenvalue weighted by atomic mass is 127. The fraction of sp³-hybridized carbons (Fsp3) is 0.182. The molecule has 5 nitrogen and oxygen atoms in total. The second kappa shape index (κ2) is 10.1. The molecular weight excluding hydrogens is 518 g/mol. The first-order valence-corrected chi connectivity index (χ1v) is 11.0. The lowest BCUT2D eigenvalue weighted by molar-refractivity contribution is -0.122. The minimum absolute atomic E-state index is 0.121. The van der Waals surface area contributed by atoms with Gasteiger partial charge in [0, 0.05) is 6.54 Å². The predicted molar refractivity (Wildman–Crippen MR) is 128 cm³/mol. The molecule has 3 rings (SSSR count). The summed E-state index contributed by atoms with van der Waals surface area (Å²) in [5.74, 6) is 0.772. The zero-order valence-corrected chi connectivity index (χ0v) is 19.5.